The molecule has 0 saturated carbocycles. The number of methoxy groups -OCH3 is 1. The van der Waals surface area contributed by atoms with Crippen molar-refractivity contribution in [2.75, 3.05) is 13.7 Å². The van der Waals surface area contributed by atoms with E-state index in [2.05, 4.69) is 10.9 Å². The fourth-order valence-electron chi connectivity index (χ4n) is 1.10. The highest BCUT2D eigenvalue weighted by Crippen LogP contribution is 2.18. The van der Waals surface area contributed by atoms with E-state index in [9.17, 15) is 4.79 Å². The zero-order valence-corrected chi connectivity index (χ0v) is 10.3. The van der Waals surface area contributed by atoms with Gasteiger partial charge in [-0.1, -0.05) is 6.07 Å². The minimum atomic E-state index is -0.221. The van der Waals surface area contributed by atoms with E-state index in [4.69, 9.17) is 9.47 Å². The fourth-order valence-corrected chi connectivity index (χ4v) is 1.10. The van der Waals surface area contributed by atoms with Crippen molar-refractivity contribution in [3.63, 3.8) is 0 Å². The van der Waals surface area contributed by atoms with E-state index >= 15 is 0 Å². The summed E-state index contributed by atoms with van der Waals surface area (Å²) in [5, 5.41) is 0. The van der Waals surface area contributed by atoms with Gasteiger partial charge in [-0.05, 0) is 26.0 Å². The van der Waals surface area contributed by atoms with Gasteiger partial charge < -0.3 is 9.47 Å². The van der Waals surface area contributed by atoms with Gasteiger partial charge in [-0.3, -0.25) is 10.2 Å². The summed E-state index contributed by atoms with van der Waals surface area (Å²) in [6, 6.07) is 7.30. The Morgan fingerprint density at radius 1 is 1.35 bits per heavy atom. The highest BCUT2D eigenvalue weighted by Gasteiger charge is 2.03. The lowest BCUT2D eigenvalue weighted by atomic mass is 10.3. The van der Waals surface area contributed by atoms with Gasteiger partial charge in [0.15, 0.2) is 6.61 Å². The van der Waals surface area contributed by atoms with Gasteiger partial charge in [0.1, 0.15) is 11.5 Å². The number of benzene rings is 1. The van der Waals surface area contributed by atoms with Crippen LogP contribution in [0.25, 0.3) is 0 Å². The summed E-state index contributed by atoms with van der Waals surface area (Å²) in [4.78, 5) is 11.3. The van der Waals surface area contributed by atoms with E-state index < -0.39 is 0 Å². The molecule has 94 valence electrons. The van der Waals surface area contributed by atoms with E-state index in [-0.39, 0.29) is 18.6 Å². The second-order valence-corrected chi connectivity index (χ2v) is 3.81. The number of amides is 1. The van der Waals surface area contributed by atoms with Crippen molar-refractivity contribution in [1.82, 2.24) is 10.9 Å². The highest BCUT2D eigenvalue weighted by molar-refractivity contribution is 5.77. The molecule has 0 atom stereocenters. The Morgan fingerprint density at radius 3 is 2.71 bits per heavy atom. The smallest absolute Gasteiger partial charge is 0.271 e. The molecule has 5 nitrogen and oxygen atoms in total. The molecule has 1 amide bonds. The van der Waals surface area contributed by atoms with Crippen LogP contribution >= 0.6 is 0 Å². The van der Waals surface area contributed by atoms with Gasteiger partial charge in [0, 0.05) is 12.1 Å². The molecule has 0 spiro atoms. The number of ether oxygens (including phenoxy) is 2. The summed E-state index contributed by atoms with van der Waals surface area (Å²) in [5.74, 6) is 1.08. The van der Waals surface area contributed by atoms with Gasteiger partial charge in [0.05, 0.1) is 7.11 Å². The average molecular weight is 238 g/mol. The molecule has 0 bridgehead atoms. The maximum atomic E-state index is 11.3. The van der Waals surface area contributed by atoms with Crippen molar-refractivity contribution >= 4 is 5.91 Å². The Morgan fingerprint density at radius 2 is 2.06 bits per heavy atom. The third kappa shape index (κ3) is 5.21. The monoisotopic (exact) mass is 238 g/mol. The van der Waals surface area contributed by atoms with Crippen molar-refractivity contribution in [3.8, 4) is 11.5 Å². The number of rotatable bonds is 6. The van der Waals surface area contributed by atoms with E-state index in [1.807, 2.05) is 19.9 Å². The molecule has 5 heteroatoms. The van der Waals surface area contributed by atoms with Gasteiger partial charge in [-0.15, -0.1) is 0 Å². The quantitative estimate of drug-likeness (QED) is 0.729. The zero-order chi connectivity index (χ0) is 12.7. The molecule has 0 aromatic heterocycles. The first-order valence-electron chi connectivity index (χ1n) is 5.43. The lowest BCUT2D eigenvalue weighted by Gasteiger charge is -2.11. The molecular formula is C12H18N2O3. The van der Waals surface area contributed by atoms with Crippen LogP contribution in [0.5, 0.6) is 11.5 Å². The van der Waals surface area contributed by atoms with Crippen molar-refractivity contribution in [1.29, 1.82) is 0 Å². The summed E-state index contributed by atoms with van der Waals surface area (Å²) in [7, 11) is 1.58. The predicted molar refractivity (Wildman–Crippen MR) is 64.9 cm³/mol. The van der Waals surface area contributed by atoms with E-state index in [0.29, 0.717) is 11.5 Å². The molecular weight excluding hydrogens is 220 g/mol. The van der Waals surface area contributed by atoms with Gasteiger partial charge in [-0.2, -0.15) is 0 Å². The van der Waals surface area contributed by atoms with Crippen LogP contribution < -0.4 is 20.3 Å². The molecule has 0 saturated heterocycles. The van der Waals surface area contributed by atoms with Crippen molar-refractivity contribution in [2.24, 2.45) is 0 Å². The van der Waals surface area contributed by atoms with Crippen molar-refractivity contribution in [2.45, 2.75) is 19.9 Å². The minimum Gasteiger partial charge on any atom is -0.497 e. The molecule has 17 heavy (non-hydrogen) atoms. The fraction of sp³-hybridized carbons (Fsp3) is 0.417. The maximum absolute atomic E-state index is 11.3. The van der Waals surface area contributed by atoms with Crippen molar-refractivity contribution in [3.05, 3.63) is 24.3 Å². The lowest BCUT2D eigenvalue weighted by molar-refractivity contribution is -0.124. The molecule has 0 radical (unpaired) electrons. The first-order valence-corrected chi connectivity index (χ1v) is 5.43. The Hall–Kier alpha value is -1.75. The van der Waals surface area contributed by atoms with Crippen LogP contribution in [0.2, 0.25) is 0 Å². The van der Waals surface area contributed by atoms with Crippen LogP contribution in [0.3, 0.4) is 0 Å². The number of hydrogen-bond acceptors (Lipinski definition) is 4. The van der Waals surface area contributed by atoms with Gasteiger partial charge in [-0.25, -0.2) is 5.43 Å². The Bertz CT molecular complexity index is 367. The average Bonchev–Trinajstić information content (AvgIpc) is 2.34. The second kappa shape index (κ2) is 6.75. The topological polar surface area (TPSA) is 59.6 Å². The molecule has 0 heterocycles. The molecule has 1 aromatic carbocycles. The molecule has 2 N–H and O–H groups in total. The number of carbonyl (C=O) groups is 1. The number of nitrogens with one attached hydrogen (secondary N) is 2. The van der Waals surface area contributed by atoms with Crippen LogP contribution in [0.1, 0.15) is 13.8 Å². The van der Waals surface area contributed by atoms with Crippen LogP contribution in [0.4, 0.5) is 0 Å². The zero-order valence-electron chi connectivity index (χ0n) is 10.3. The third-order valence-corrected chi connectivity index (χ3v) is 1.91. The Labute approximate surface area is 101 Å². The molecule has 0 aliphatic heterocycles. The third-order valence-electron chi connectivity index (χ3n) is 1.91. The molecule has 1 rings (SSSR count). The van der Waals surface area contributed by atoms with Gasteiger partial charge in [0.2, 0.25) is 0 Å². The summed E-state index contributed by atoms with van der Waals surface area (Å²) in [6.45, 7) is 3.83. The Balaban J connectivity index is 2.36. The summed E-state index contributed by atoms with van der Waals surface area (Å²) in [6.07, 6.45) is 0. The summed E-state index contributed by atoms with van der Waals surface area (Å²) >= 11 is 0. The van der Waals surface area contributed by atoms with E-state index in [1.165, 1.54) is 0 Å². The normalized spacial score (nSPS) is 10.1. The molecule has 0 fully saturated rings. The summed E-state index contributed by atoms with van der Waals surface area (Å²) in [5.41, 5.74) is 5.34. The molecule has 0 aliphatic rings. The van der Waals surface area contributed by atoms with Crippen LogP contribution in [0.15, 0.2) is 24.3 Å². The van der Waals surface area contributed by atoms with Crippen LogP contribution in [0, 0.1) is 0 Å². The van der Waals surface area contributed by atoms with Crippen LogP contribution in [-0.4, -0.2) is 25.7 Å². The van der Waals surface area contributed by atoms with E-state index in [1.54, 1.807) is 25.3 Å². The standard InChI is InChI=1S/C12H18N2O3/c1-9(2)13-14-12(15)8-17-11-6-4-5-10(7-11)16-3/h4-7,9,13H,8H2,1-3H3,(H,14,15). The van der Waals surface area contributed by atoms with Crippen molar-refractivity contribution < 1.29 is 14.3 Å². The largest absolute Gasteiger partial charge is 0.497 e. The highest BCUT2D eigenvalue weighted by atomic mass is 16.5. The first-order chi connectivity index (χ1) is 8.11. The number of carbonyl (C=O) groups excluding carboxylic acids is 1. The molecule has 0 unspecified atom stereocenters. The SMILES string of the molecule is COc1cccc(OCC(=O)NNC(C)C)c1. The molecule has 0 aliphatic carbocycles. The van der Waals surface area contributed by atoms with Gasteiger partial charge in [0.25, 0.3) is 5.91 Å². The lowest BCUT2D eigenvalue weighted by Crippen LogP contribution is -2.43. The maximum Gasteiger partial charge on any atom is 0.271 e. The predicted octanol–water partition coefficient (Wildman–Crippen LogP) is 1.10. The Kier molecular flexibility index (Phi) is 5.29. The second-order valence-electron chi connectivity index (χ2n) is 3.81. The number of hydrazine groups is 1. The minimum absolute atomic E-state index is 0.0348. The number of hydrogen-bond donors (Lipinski definition) is 2. The van der Waals surface area contributed by atoms with Crippen LogP contribution in [-0.2, 0) is 4.79 Å². The van der Waals surface area contributed by atoms with E-state index in [0.717, 1.165) is 0 Å². The first kappa shape index (κ1) is 13.3. The molecule has 1 aromatic rings. The van der Waals surface area contributed by atoms with Gasteiger partial charge >= 0.3 is 0 Å². The summed E-state index contributed by atoms with van der Waals surface area (Å²) < 4.78 is 10.4.